The van der Waals surface area contributed by atoms with Crippen molar-refractivity contribution >= 4 is 23.2 Å². The summed E-state index contributed by atoms with van der Waals surface area (Å²) in [7, 11) is 2.16. The number of amides is 1. The van der Waals surface area contributed by atoms with Crippen LogP contribution in [-0.2, 0) is 4.79 Å². The molecule has 2 aromatic carbocycles. The minimum Gasteiger partial charge on any atom is -0.487 e. The Hall–Kier alpha value is -3.83. The van der Waals surface area contributed by atoms with Crippen LogP contribution < -0.4 is 15.0 Å². The molecule has 0 bridgehead atoms. The zero-order chi connectivity index (χ0) is 29.1. The number of carbonyl (C=O) groups excluding carboxylic acids is 1. The van der Waals surface area contributed by atoms with Gasteiger partial charge >= 0.3 is 0 Å². The van der Waals surface area contributed by atoms with E-state index in [0.717, 1.165) is 36.4 Å². The lowest BCUT2D eigenvalue weighted by molar-refractivity contribution is -0.143. The summed E-state index contributed by atoms with van der Waals surface area (Å²) in [6.07, 6.45) is -1.34. The lowest BCUT2D eigenvalue weighted by atomic mass is 10.0. The molecule has 0 aliphatic carbocycles. The van der Waals surface area contributed by atoms with Gasteiger partial charge in [0.25, 0.3) is 5.91 Å². The highest BCUT2D eigenvalue weighted by atomic mass is 19.1. The van der Waals surface area contributed by atoms with Gasteiger partial charge in [-0.25, -0.2) is 14.4 Å². The van der Waals surface area contributed by atoms with E-state index in [1.54, 1.807) is 6.07 Å². The monoisotopic (exact) mass is 563 g/mol. The second kappa shape index (κ2) is 12.4. The molecule has 11 heteroatoms. The normalized spacial score (nSPS) is 22.3. The van der Waals surface area contributed by atoms with Gasteiger partial charge in [-0.3, -0.25) is 4.79 Å². The highest BCUT2D eigenvalue weighted by Gasteiger charge is 2.34. The molecule has 2 saturated heterocycles. The van der Waals surface area contributed by atoms with Gasteiger partial charge in [0.1, 0.15) is 24.3 Å². The summed E-state index contributed by atoms with van der Waals surface area (Å²) in [6.45, 7) is 8.87. The van der Waals surface area contributed by atoms with E-state index in [4.69, 9.17) is 4.74 Å². The Balaban J connectivity index is 1.22. The Morgan fingerprint density at radius 3 is 2.59 bits per heavy atom. The number of aromatic nitrogens is 3. The highest BCUT2D eigenvalue weighted by molar-refractivity contribution is 5.80. The van der Waals surface area contributed by atoms with Gasteiger partial charge in [0.2, 0.25) is 5.95 Å². The number of halogens is 1. The molecule has 218 valence electrons. The number of likely N-dealkylation sites (N-methyl/N-ethyl adjacent to an activating group) is 1. The predicted octanol–water partition coefficient (Wildman–Crippen LogP) is 3.43. The quantitative estimate of drug-likeness (QED) is 0.447. The lowest BCUT2D eigenvalue weighted by Crippen LogP contribution is -2.51. The Bertz CT molecular complexity index is 1360. The van der Waals surface area contributed by atoms with Crippen molar-refractivity contribution in [2.24, 2.45) is 0 Å². The number of piperazine rings is 1. The third-order valence-electron chi connectivity index (χ3n) is 7.72. The van der Waals surface area contributed by atoms with Crippen molar-refractivity contribution in [2.45, 2.75) is 51.6 Å². The largest absolute Gasteiger partial charge is 0.487 e. The van der Waals surface area contributed by atoms with E-state index in [0.29, 0.717) is 36.5 Å². The first-order valence-electron chi connectivity index (χ1n) is 14.1. The van der Waals surface area contributed by atoms with Crippen LogP contribution in [0.4, 0.5) is 21.7 Å². The molecule has 5 rings (SSSR count). The van der Waals surface area contributed by atoms with Gasteiger partial charge in [-0.1, -0.05) is 0 Å². The Labute approximate surface area is 240 Å². The minimum absolute atomic E-state index is 0.0934. The van der Waals surface area contributed by atoms with Gasteiger partial charge in [-0.05, 0) is 75.8 Å². The van der Waals surface area contributed by atoms with E-state index in [2.05, 4.69) is 56.2 Å². The Kier molecular flexibility index (Phi) is 8.65. The second-order valence-corrected chi connectivity index (χ2v) is 11.0. The minimum atomic E-state index is -1.35. The number of benzene rings is 2. The molecule has 0 spiro atoms. The molecule has 2 fully saturated rings. The van der Waals surface area contributed by atoms with Crippen LogP contribution in [0.25, 0.3) is 11.4 Å². The van der Waals surface area contributed by atoms with Crippen molar-refractivity contribution in [3.8, 4) is 17.1 Å². The molecule has 2 aliphatic rings. The smallest absolute Gasteiger partial charge is 0.251 e. The SMILES string of the molecule is Cc1cc(-c2ncnc(Nc3ccc(N4CCN(C)C[C@@H]4C)cc3)n2)ccc1O[C@H]1CCN(C(=O)[C@H](C)O)C[C@H]1F. The van der Waals surface area contributed by atoms with Gasteiger partial charge in [-0.15, -0.1) is 0 Å². The number of aliphatic hydroxyl groups excluding tert-OH is 1. The van der Waals surface area contributed by atoms with Crippen molar-refractivity contribution in [1.29, 1.82) is 0 Å². The lowest BCUT2D eigenvalue weighted by Gasteiger charge is -2.39. The molecule has 0 saturated carbocycles. The molecule has 10 nitrogen and oxygen atoms in total. The summed E-state index contributed by atoms with van der Waals surface area (Å²) in [4.78, 5) is 31.4. The number of carbonyl (C=O) groups is 1. The second-order valence-electron chi connectivity index (χ2n) is 11.0. The van der Waals surface area contributed by atoms with Crippen LogP contribution >= 0.6 is 0 Å². The number of anilines is 3. The summed E-state index contributed by atoms with van der Waals surface area (Å²) >= 11 is 0. The van der Waals surface area contributed by atoms with Crippen LogP contribution in [0.1, 0.15) is 25.8 Å². The number of nitrogens with zero attached hydrogens (tertiary/aromatic N) is 6. The molecule has 2 aliphatic heterocycles. The molecule has 3 heterocycles. The van der Waals surface area contributed by atoms with E-state index in [1.807, 2.05) is 31.2 Å². The molecule has 2 N–H and O–H groups in total. The average molecular weight is 564 g/mol. The van der Waals surface area contributed by atoms with Crippen molar-refractivity contribution in [1.82, 2.24) is 24.8 Å². The maximum atomic E-state index is 14.8. The third kappa shape index (κ3) is 6.74. The summed E-state index contributed by atoms with van der Waals surface area (Å²) in [5.74, 6) is 1.05. The molecule has 0 unspecified atom stereocenters. The first kappa shape index (κ1) is 28.7. The fourth-order valence-electron chi connectivity index (χ4n) is 5.45. The van der Waals surface area contributed by atoms with Crippen LogP contribution in [0.2, 0.25) is 0 Å². The van der Waals surface area contributed by atoms with Crippen molar-refractivity contribution in [3.05, 3.63) is 54.4 Å². The van der Waals surface area contributed by atoms with Crippen molar-refractivity contribution in [2.75, 3.05) is 50.0 Å². The molecule has 3 aromatic rings. The van der Waals surface area contributed by atoms with E-state index < -0.39 is 24.3 Å². The van der Waals surface area contributed by atoms with Crippen LogP contribution in [-0.4, -0.2) is 100.0 Å². The number of likely N-dealkylation sites (tertiary alicyclic amines) is 1. The van der Waals surface area contributed by atoms with Crippen molar-refractivity contribution < 1.29 is 19.0 Å². The van der Waals surface area contributed by atoms with E-state index in [9.17, 15) is 14.3 Å². The number of piperidine rings is 1. The maximum Gasteiger partial charge on any atom is 0.251 e. The number of aliphatic hydroxyl groups is 1. The maximum absolute atomic E-state index is 14.8. The molecule has 4 atom stereocenters. The van der Waals surface area contributed by atoms with E-state index >= 15 is 0 Å². The number of aryl methyl sites for hydroxylation is 1. The molecule has 1 amide bonds. The predicted molar refractivity (Wildman–Crippen MR) is 156 cm³/mol. The molecular formula is C30H38FN7O3. The number of hydrogen-bond acceptors (Lipinski definition) is 9. The van der Waals surface area contributed by atoms with Crippen LogP contribution in [0.3, 0.4) is 0 Å². The summed E-state index contributed by atoms with van der Waals surface area (Å²) in [5, 5.41) is 12.8. The van der Waals surface area contributed by atoms with E-state index in [1.165, 1.54) is 23.8 Å². The van der Waals surface area contributed by atoms with Gasteiger partial charge in [0, 0.05) is 55.6 Å². The highest BCUT2D eigenvalue weighted by Crippen LogP contribution is 2.29. The van der Waals surface area contributed by atoms with Gasteiger partial charge in [0.05, 0.1) is 6.54 Å². The van der Waals surface area contributed by atoms with Crippen LogP contribution in [0.15, 0.2) is 48.8 Å². The number of nitrogens with one attached hydrogen (secondary N) is 1. The number of alkyl halides is 1. The fraction of sp³-hybridized carbons (Fsp3) is 0.467. The van der Waals surface area contributed by atoms with Gasteiger partial charge < -0.3 is 29.9 Å². The average Bonchev–Trinajstić information content (AvgIpc) is 2.95. The molecular weight excluding hydrogens is 525 g/mol. The number of rotatable bonds is 7. The van der Waals surface area contributed by atoms with Gasteiger partial charge in [-0.2, -0.15) is 4.98 Å². The standard InChI is InChI=1S/C30H38FN7O3/c1-19-15-22(5-10-26(19)41-27-11-12-37(17-25(27)31)29(40)21(3)39)28-32-18-33-30(35-28)34-23-6-8-24(9-7-23)38-14-13-36(4)16-20(38)2/h5-10,15,18,20-21,25,27,39H,11-14,16-17H2,1-4H3,(H,32,33,34,35)/t20-,21-,25+,27-/m0/s1. The summed E-state index contributed by atoms with van der Waals surface area (Å²) in [6, 6.07) is 14.3. The zero-order valence-electron chi connectivity index (χ0n) is 24.0. The van der Waals surface area contributed by atoms with Gasteiger partial charge in [0.15, 0.2) is 12.0 Å². The Morgan fingerprint density at radius 1 is 1.12 bits per heavy atom. The first-order chi connectivity index (χ1) is 19.7. The fourth-order valence-corrected chi connectivity index (χ4v) is 5.45. The van der Waals surface area contributed by atoms with Crippen molar-refractivity contribution in [3.63, 3.8) is 0 Å². The Morgan fingerprint density at radius 2 is 1.90 bits per heavy atom. The first-order valence-corrected chi connectivity index (χ1v) is 14.1. The third-order valence-corrected chi connectivity index (χ3v) is 7.72. The molecule has 1 aromatic heterocycles. The zero-order valence-corrected chi connectivity index (χ0v) is 24.0. The van der Waals surface area contributed by atoms with E-state index in [-0.39, 0.29) is 6.54 Å². The number of ether oxygens (including phenoxy) is 1. The number of hydrogen-bond donors (Lipinski definition) is 2. The molecule has 0 radical (unpaired) electrons. The van der Waals surface area contributed by atoms with Crippen LogP contribution in [0, 0.1) is 6.92 Å². The van der Waals surface area contributed by atoms with Crippen LogP contribution in [0.5, 0.6) is 5.75 Å². The topological polar surface area (TPSA) is 107 Å². The summed E-state index contributed by atoms with van der Waals surface area (Å²) in [5.41, 5.74) is 3.69. The summed E-state index contributed by atoms with van der Waals surface area (Å²) < 4.78 is 20.8. The molecule has 41 heavy (non-hydrogen) atoms.